The normalized spacial score (nSPS) is 18.3. The molecule has 0 aromatic heterocycles. The average Bonchev–Trinajstić information content (AvgIpc) is 3.91. The monoisotopic (exact) mass is 1040 g/mol. The van der Waals surface area contributed by atoms with Gasteiger partial charge in [0.15, 0.2) is 0 Å². The van der Waals surface area contributed by atoms with E-state index < -0.39 is 147 Å². The van der Waals surface area contributed by atoms with Gasteiger partial charge in [-0.1, -0.05) is 61.2 Å². The topological polar surface area (TPSA) is 388 Å². The number of nitrogens with zero attached hydrogens (tertiary/aromatic N) is 1. The summed E-state index contributed by atoms with van der Waals surface area (Å²) >= 11 is 0. The van der Waals surface area contributed by atoms with Crippen molar-refractivity contribution in [2.75, 3.05) is 66.8 Å². The van der Waals surface area contributed by atoms with Crippen LogP contribution in [0.2, 0.25) is 0 Å². The molecular weight excluding hydrogens is 971 g/mol. The zero-order valence-corrected chi connectivity index (χ0v) is 41.2. The van der Waals surface area contributed by atoms with Crippen LogP contribution >= 0.6 is 0 Å². The summed E-state index contributed by atoms with van der Waals surface area (Å²) in [4.78, 5) is 144. The Bertz CT molecular complexity index is 2330. The fourth-order valence-electron chi connectivity index (χ4n) is 7.91. The number of rotatable bonds is 23. The molecule has 13 N–H and O–H groups in total. The minimum absolute atomic E-state index is 0.0360. The number of hydrogen-bond acceptors (Lipinski definition) is 17. The number of ketones is 3. The molecule has 74 heavy (non-hydrogen) atoms. The van der Waals surface area contributed by atoms with Gasteiger partial charge in [-0.05, 0) is 55.0 Å². The van der Waals surface area contributed by atoms with Crippen molar-refractivity contribution in [3.8, 4) is 0 Å². The Morgan fingerprint density at radius 2 is 1.26 bits per heavy atom. The van der Waals surface area contributed by atoms with Crippen molar-refractivity contribution < 1.29 is 78.3 Å². The second-order valence-electron chi connectivity index (χ2n) is 17.2. The van der Waals surface area contributed by atoms with Crippen LogP contribution in [0.25, 0.3) is 5.57 Å². The number of aliphatic hydroxyl groups excluding tert-OH is 5. The van der Waals surface area contributed by atoms with E-state index in [4.69, 9.17) is 10.2 Å². The lowest BCUT2D eigenvalue weighted by molar-refractivity contribution is -0.143. The predicted molar refractivity (Wildman–Crippen MR) is 263 cm³/mol. The highest BCUT2D eigenvalue weighted by Crippen LogP contribution is 2.25. The molecule has 3 unspecified atom stereocenters. The van der Waals surface area contributed by atoms with Gasteiger partial charge in [-0.15, -0.1) is 0 Å². The van der Waals surface area contributed by atoms with Crippen LogP contribution < -0.4 is 42.5 Å². The first-order chi connectivity index (χ1) is 35.4. The van der Waals surface area contributed by atoms with Gasteiger partial charge < -0.3 is 73.0 Å². The molecule has 404 valence electrons. The van der Waals surface area contributed by atoms with Crippen LogP contribution in [0.5, 0.6) is 0 Å². The first-order valence-electron chi connectivity index (χ1n) is 23.7. The van der Waals surface area contributed by atoms with E-state index in [1.54, 1.807) is 12.1 Å². The van der Waals surface area contributed by atoms with Crippen molar-refractivity contribution >= 4 is 70.2 Å². The van der Waals surface area contributed by atoms with Crippen molar-refractivity contribution in [2.45, 2.75) is 81.2 Å². The maximum absolute atomic E-state index is 14.5. The van der Waals surface area contributed by atoms with E-state index in [9.17, 15) is 68.1 Å². The SMILES string of the molecule is C=C1CCC(=O)C[C@@H](Cc2ccccc2)C(=O)N[C@H](C(=O)N2CCC[C@H]2C(=O)NC(CO)C(=O)NCC(=O)NC(CO)C(=O)NCC(=O)NC(CO)C(=O)NCC(=O)C(=O)[C@H](CO)NC)Cc2cccc1c2.CO. The highest BCUT2D eigenvalue weighted by molar-refractivity contribution is 6.40. The molecule has 25 heteroatoms. The second-order valence-corrected chi connectivity index (χ2v) is 17.2. The highest BCUT2D eigenvalue weighted by Gasteiger charge is 2.40. The number of nitrogens with one attached hydrogen (secondary N) is 8. The number of likely N-dealkylation sites (N-methyl/N-ethyl adjacent to an activating group) is 1. The van der Waals surface area contributed by atoms with Crippen LogP contribution in [-0.2, 0) is 65.6 Å². The lowest BCUT2D eigenvalue weighted by Gasteiger charge is -2.30. The van der Waals surface area contributed by atoms with E-state index in [0.29, 0.717) is 18.4 Å². The number of allylic oxidation sites excluding steroid dienone is 1. The van der Waals surface area contributed by atoms with Gasteiger partial charge in [0, 0.05) is 38.8 Å². The number of fused-ring (bicyclic) bond motifs is 2. The van der Waals surface area contributed by atoms with E-state index >= 15 is 0 Å². The Morgan fingerprint density at radius 3 is 1.81 bits per heavy atom. The molecule has 2 aliphatic heterocycles. The van der Waals surface area contributed by atoms with E-state index in [1.165, 1.54) is 11.9 Å². The van der Waals surface area contributed by atoms with Gasteiger partial charge in [-0.3, -0.25) is 52.7 Å². The van der Waals surface area contributed by atoms with E-state index in [0.717, 1.165) is 23.8 Å². The predicted octanol–water partition coefficient (Wildman–Crippen LogP) is -5.56. The molecule has 25 nitrogen and oxygen atoms in total. The molecule has 4 rings (SSSR count). The summed E-state index contributed by atoms with van der Waals surface area (Å²) in [5.41, 5.74) is 3.00. The summed E-state index contributed by atoms with van der Waals surface area (Å²) in [6, 6.07) is 7.98. The molecule has 0 saturated carbocycles. The molecule has 0 spiro atoms. The van der Waals surface area contributed by atoms with Crippen LogP contribution in [0.15, 0.2) is 61.2 Å². The Labute approximate surface area is 426 Å². The number of carbonyl (C=O) groups is 11. The third-order valence-electron chi connectivity index (χ3n) is 12.0. The zero-order chi connectivity index (χ0) is 54.9. The molecule has 2 heterocycles. The van der Waals surface area contributed by atoms with Crippen LogP contribution in [-0.4, -0.2) is 198 Å². The molecule has 0 aliphatic carbocycles. The van der Waals surface area contributed by atoms with Crippen molar-refractivity contribution in [2.24, 2.45) is 5.92 Å². The van der Waals surface area contributed by atoms with Gasteiger partial charge in [0.05, 0.1) is 52.1 Å². The Hall–Kier alpha value is -7.29. The van der Waals surface area contributed by atoms with E-state index in [1.807, 2.05) is 42.5 Å². The summed E-state index contributed by atoms with van der Waals surface area (Å²) in [6.07, 6.45) is 1.30. The zero-order valence-electron chi connectivity index (χ0n) is 41.2. The lowest BCUT2D eigenvalue weighted by Crippen LogP contribution is -2.58. The number of benzene rings is 2. The molecule has 7 atom stereocenters. The quantitative estimate of drug-likeness (QED) is 0.0462. The summed E-state index contributed by atoms with van der Waals surface area (Å²) in [5, 5.41) is 63.9. The standard InChI is InChI=1S/C48H63N9O15.CH4O/c1-27-13-14-32(62)19-31(16-28-8-4-3-5-9-28)43(67)55-33(18-29-10-6-11-30(27)17-29)48(72)57-15-7-12-38(57)47(71)56-37(26-61)46(70)52-22-41(65)54-36(25-60)45(69)51-21-40(64)53-35(24-59)44(68)50-20-39(63)42(66)34(23-58)49-2;1-2/h3-6,8-11,17,31,33-38,49,58-61H,1,7,12-16,18-26H2,2H3,(H,50,68)(H,51,69)(H,52,70)(H,53,64)(H,54,65)(H,55,67)(H,56,71);2H,1H3/t31-,33+,34+,35?,36?,37?,38+;/m1./s1. The summed E-state index contributed by atoms with van der Waals surface area (Å²) in [5.74, 6) is -10.2. The van der Waals surface area contributed by atoms with E-state index in [2.05, 4.69) is 49.1 Å². The maximum Gasteiger partial charge on any atom is 0.246 e. The minimum Gasteiger partial charge on any atom is -0.400 e. The van der Waals surface area contributed by atoms with Gasteiger partial charge in [0.1, 0.15) is 36.0 Å². The highest BCUT2D eigenvalue weighted by atomic mass is 16.3. The molecule has 2 bridgehead atoms. The van der Waals surface area contributed by atoms with Crippen LogP contribution in [0.3, 0.4) is 0 Å². The Morgan fingerprint density at radius 1 is 0.703 bits per heavy atom. The molecule has 2 aromatic rings. The molecule has 0 radical (unpaired) electrons. The smallest absolute Gasteiger partial charge is 0.246 e. The first kappa shape index (κ1) is 61.0. The summed E-state index contributed by atoms with van der Waals surface area (Å²) in [7, 11) is 2.33. The summed E-state index contributed by atoms with van der Waals surface area (Å²) in [6.45, 7) is -1.76. The number of carbonyl (C=O) groups excluding carboxylic acids is 11. The molecular formula is C49H67N9O16. The Kier molecular flexibility index (Phi) is 25.8. The van der Waals surface area contributed by atoms with Crippen molar-refractivity contribution in [1.82, 2.24) is 47.4 Å². The molecule has 2 aliphatic rings. The van der Waals surface area contributed by atoms with Gasteiger partial charge in [0.2, 0.25) is 58.8 Å². The molecule has 1 saturated heterocycles. The Balaban J connectivity index is 0.00000713. The fraction of sp³-hybridized carbons (Fsp3) is 0.490. The lowest BCUT2D eigenvalue weighted by atomic mass is 9.91. The van der Waals surface area contributed by atoms with Crippen molar-refractivity contribution in [3.05, 3.63) is 77.9 Å². The molecule has 8 amide bonds. The van der Waals surface area contributed by atoms with Gasteiger partial charge in [-0.2, -0.15) is 0 Å². The number of amides is 8. The number of likely N-dealkylation sites (tertiary alicyclic amines) is 1. The van der Waals surface area contributed by atoms with Gasteiger partial charge >= 0.3 is 0 Å². The first-order valence-corrected chi connectivity index (χ1v) is 23.7. The molecule has 2 aromatic carbocycles. The van der Waals surface area contributed by atoms with Crippen LogP contribution in [0.4, 0.5) is 0 Å². The average molecular weight is 1040 g/mol. The fourth-order valence-corrected chi connectivity index (χ4v) is 7.91. The number of aliphatic hydroxyl groups is 5. The minimum atomic E-state index is -1.67. The van der Waals surface area contributed by atoms with Crippen molar-refractivity contribution in [1.29, 1.82) is 0 Å². The molecule has 1 fully saturated rings. The third-order valence-corrected chi connectivity index (χ3v) is 12.0. The van der Waals surface area contributed by atoms with Gasteiger partial charge in [0.25, 0.3) is 0 Å². The van der Waals surface area contributed by atoms with Crippen LogP contribution in [0.1, 0.15) is 48.8 Å². The second kappa shape index (κ2) is 31.3. The van der Waals surface area contributed by atoms with Crippen molar-refractivity contribution in [3.63, 3.8) is 0 Å². The van der Waals surface area contributed by atoms with Crippen LogP contribution in [0, 0.1) is 5.92 Å². The third kappa shape index (κ3) is 18.6. The summed E-state index contributed by atoms with van der Waals surface area (Å²) < 4.78 is 0. The number of Topliss-reactive ketones (excluding diaryl/α,β-unsaturated/α-hetero) is 3. The largest absolute Gasteiger partial charge is 0.400 e. The number of hydrogen-bond donors (Lipinski definition) is 13. The maximum atomic E-state index is 14.5. The van der Waals surface area contributed by atoms with Gasteiger partial charge in [-0.25, -0.2) is 0 Å². The van der Waals surface area contributed by atoms with E-state index in [-0.39, 0.29) is 44.4 Å².